The summed E-state index contributed by atoms with van der Waals surface area (Å²) in [4.78, 5) is 15.8. The fourth-order valence-corrected chi connectivity index (χ4v) is 8.14. The molecular weight excluding hydrogens is 574 g/mol. The van der Waals surface area contributed by atoms with Crippen molar-refractivity contribution >= 4 is 44.7 Å². The summed E-state index contributed by atoms with van der Waals surface area (Å²) in [6.45, 7) is 7.58. The number of rotatable bonds is 2. The average Bonchev–Trinajstić information content (AvgIpc) is 3.63. The van der Waals surface area contributed by atoms with Crippen LogP contribution in [0.2, 0.25) is 0 Å². The number of aromatic nitrogens is 3. The van der Waals surface area contributed by atoms with Gasteiger partial charge in [-0.3, -0.25) is 14.5 Å². The first-order chi connectivity index (χ1) is 23.3. The largest absolute Gasteiger partial charge is 0.294 e. The summed E-state index contributed by atoms with van der Waals surface area (Å²) < 4.78 is 2.18. The Morgan fingerprint density at radius 2 is 1.15 bits per heavy atom. The highest BCUT2D eigenvalue weighted by Gasteiger charge is 2.51. The molecule has 0 saturated carbocycles. The van der Waals surface area contributed by atoms with E-state index in [4.69, 9.17) is 11.6 Å². The van der Waals surface area contributed by atoms with Gasteiger partial charge in [-0.05, 0) is 81.2 Å². The maximum atomic E-state index is 7.58. The van der Waals surface area contributed by atoms with Gasteiger partial charge >= 0.3 is 0 Å². The molecule has 2 aliphatic rings. The van der Waals surface area contributed by atoms with Gasteiger partial charge in [0.15, 0.2) is 5.69 Å². The van der Waals surface area contributed by atoms with E-state index in [1.165, 1.54) is 33.4 Å². The number of nitrogens with zero attached hydrogens (tertiary/aromatic N) is 5. The van der Waals surface area contributed by atoms with E-state index in [1.807, 2.05) is 36.7 Å². The van der Waals surface area contributed by atoms with Crippen LogP contribution in [0.3, 0.4) is 0 Å². The van der Waals surface area contributed by atoms with Crippen molar-refractivity contribution in [1.29, 1.82) is 0 Å². The van der Waals surface area contributed by atoms with Gasteiger partial charge in [-0.15, -0.1) is 0 Å². The van der Waals surface area contributed by atoms with Crippen molar-refractivity contribution in [3.05, 3.63) is 186 Å². The highest BCUT2D eigenvalue weighted by molar-refractivity contribution is 6.10. The Balaban J connectivity index is 1.24. The summed E-state index contributed by atoms with van der Waals surface area (Å²) in [5.41, 5.74) is 12.0. The molecule has 0 bridgehead atoms. The van der Waals surface area contributed by atoms with Gasteiger partial charge in [-0.1, -0.05) is 97.1 Å². The molecular formula is C42H25N5. The second-order valence-corrected chi connectivity index (χ2v) is 12.1. The van der Waals surface area contributed by atoms with Crippen LogP contribution in [0.1, 0.15) is 22.3 Å². The smallest absolute Gasteiger partial charge is 0.188 e. The molecule has 0 N–H and O–H groups in total. The van der Waals surface area contributed by atoms with E-state index in [0.29, 0.717) is 5.69 Å². The maximum Gasteiger partial charge on any atom is 0.188 e. The van der Waals surface area contributed by atoms with E-state index in [-0.39, 0.29) is 0 Å². The summed E-state index contributed by atoms with van der Waals surface area (Å²) in [5.74, 6) is 1.63. The normalized spacial score (nSPS) is 13.6. The van der Waals surface area contributed by atoms with Gasteiger partial charge in [-0.25, -0.2) is 9.83 Å². The molecule has 218 valence electrons. The number of hydrogen-bond acceptors (Lipinski definition) is 3. The fraction of sp³-hybridized carbons (Fsp3) is 0.0238. The van der Waals surface area contributed by atoms with Crippen LogP contribution in [0.5, 0.6) is 0 Å². The third-order valence-electron chi connectivity index (χ3n) is 9.91. The highest BCUT2D eigenvalue weighted by atomic mass is 15.2. The van der Waals surface area contributed by atoms with E-state index < -0.39 is 5.41 Å². The van der Waals surface area contributed by atoms with Crippen LogP contribution in [0.25, 0.3) is 43.6 Å². The third kappa shape index (κ3) is 3.31. The monoisotopic (exact) mass is 599 g/mol. The topological polar surface area (TPSA) is 38.3 Å². The fourth-order valence-electron chi connectivity index (χ4n) is 8.14. The molecule has 0 saturated heterocycles. The van der Waals surface area contributed by atoms with Crippen LogP contribution >= 0.6 is 0 Å². The van der Waals surface area contributed by atoms with Gasteiger partial charge in [0.2, 0.25) is 0 Å². The molecule has 1 spiro atoms. The Morgan fingerprint density at radius 3 is 1.83 bits per heavy atom. The molecule has 5 nitrogen and oxygen atoms in total. The standard InChI is InChI=1S/C42H25N5/c1-43-27-21-22-36-30(25-27)31-26-44-24-23-37(31)46(36)40-19-10-20-41(45-40)47-38-17-8-6-15-34(38)42(35-16-7-9-18-39(35)47)32-13-4-2-11-28(32)29-12-3-5-14-33(29)42/h2-26H. The third-order valence-corrected chi connectivity index (χ3v) is 9.91. The van der Waals surface area contributed by atoms with Gasteiger partial charge in [-0.2, -0.15) is 0 Å². The molecule has 10 rings (SSSR count). The zero-order valence-electron chi connectivity index (χ0n) is 25.2. The van der Waals surface area contributed by atoms with Crippen molar-refractivity contribution in [2.24, 2.45) is 0 Å². The highest BCUT2D eigenvalue weighted by Crippen LogP contribution is 2.63. The molecule has 3 aromatic heterocycles. The molecule has 5 heteroatoms. The number of hydrogen-bond donors (Lipinski definition) is 0. The van der Waals surface area contributed by atoms with E-state index >= 15 is 0 Å². The molecule has 0 unspecified atom stereocenters. The zero-order chi connectivity index (χ0) is 31.1. The summed E-state index contributed by atoms with van der Waals surface area (Å²) in [6.07, 6.45) is 3.69. The minimum Gasteiger partial charge on any atom is -0.294 e. The van der Waals surface area contributed by atoms with Gasteiger partial charge < -0.3 is 0 Å². The van der Waals surface area contributed by atoms with E-state index in [0.717, 1.165) is 44.8 Å². The Labute approximate surface area is 271 Å². The first-order valence-electron chi connectivity index (χ1n) is 15.7. The number of pyridine rings is 2. The molecule has 0 amide bonds. The number of benzene rings is 5. The molecule has 1 aliphatic carbocycles. The van der Waals surface area contributed by atoms with Crippen LogP contribution in [-0.2, 0) is 5.41 Å². The van der Waals surface area contributed by atoms with Crippen LogP contribution in [0.15, 0.2) is 152 Å². The van der Waals surface area contributed by atoms with Crippen LogP contribution in [0, 0.1) is 6.57 Å². The average molecular weight is 600 g/mol. The number of fused-ring (bicyclic) bond motifs is 12. The second-order valence-electron chi connectivity index (χ2n) is 12.1. The predicted molar refractivity (Wildman–Crippen MR) is 188 cm³/mol. The minimum absolute atomic E-state index is 0.463. The molecule has 4 heterocycles. The van der Waals surface area contributed by atoms with Crippen molar-refractivity contribution in [2.75, 3.05) is 4.90 Å². The Kier molecular flexibility index (Phi) is 5.21. The quantitative estimate of drug-likeness (QED) is 0.186. The summed E-state index contributed by atoms with van der Waals surface area (Å²) in [6, 6.07) is 49.4. The van der Waals surface area contributed by atoms with Gasteiger partial charge in [0.25, 0.3) is 0 Å². The van der Waals surface area contributed by atoms with Crippen molar-refractivity contribution in [1.82, 2.24) is 14.5 Å². The first-order valence-corrected chi connectivity index (χ1v) is 15.7. The molecule has 1 aliphatic heterocycles. The number of para-hydroxylation sites is 2. The summed E-state index contributed by atoms with van der Waals surface area (Å²) in [7, 11) is 0. The van der Waals surface area contributed by atoms with Crippen molar-refractivity contribution in [3.63, 3.8) is 0 Å². The lowest BCUT2D eigenvalue weighted by Crippen LogP contribution is -2.36. The molecule has 5 aromatic carbocycles. The SMILES string of the molecule is [C-]#[N+]c1ccc2c(c1)c1cnccc1n2-c1cccc(N2c3ccccc3C3(c4ccccc4-c4ccccc43)c3ccccc32)n1. The van der Waals surface area contributed by atoms with Gasteiger partial charge in [0, 0.05) is 17.8 Å². The first kappa shape index (κ1) is 25.8. The molecule has 47 heavy (non-hydrogen) atoms. The maximum absolute atomic E-state index is 7.58. The van der Waals surface area contributed by atoms with E-state index in [9.17, 15) is 0 Å². The van der Waals surface area contributed by atoms with Crippen LogP contribution < -0.4 is 4.90 Å². The summed E-state index contributed by atoms with van der Waals surface area (Å²) >= 11 is 0. The van der Waals surface area contributed by atoms with Crippen LogP contribution in [-0.4, -0.2) is 14.5 Å². The zero-order valence-corrected chi connectivity index (χ0v) is 25.2. The molecule has 8 aromatic rings. The second kappa shape index (κ2) is 9.50. The van der Waals surface area contributed by atoms with Crippen molar-refractivity contribution in [2.45, 2.75) is 5.41 Å². The van der Waals surface area contributed by atoms with Crippen molar-refractivity contribution in [3.8, 4) is 16.9 Å². The number of anilines is 3. The Hall–Kier alpha value is -6.51. The van der Waals surface area contributed by atoms with Crippen LogP contribution in [0.4, 0.5) is 22.9 Å². The van der Waals surface area contributed by atoms with E-state index in [1.54, 1.807) is 0 Å². The Bertz CT molecular complexity index is 2530. The van der Waals surface area contributed by atoms with Gasteiger partial charge in [0.05, 0.1) is 34.4 Å². The summed E-state index contributed by atoms with van der Waals surface area (Å²) in [5, 5.41) is 1.98. The lowest BCUT2D eigenvalue weighted by molar-refractivity contribution is 0.751. The molecule has 0 fully saturated rings. The Morgan fingerprint density at radius 1 is 0.553 bits per heavy atom. The predicted octanol–water partition coefficient (Wildman–Crippen LogP) is 10.3. The van der Waals surface area contributed by atoms with Gasteiger partial charge in [0.1, 0.15) is 11.6 Å². The molecule has 0 atom stereocenters. The van der Waals surface area contributed by atoms with E-state index in [2.05, 4.69) is 135 Å². The lowest BCUT2D eigenvalue weighted by atomic mass is 9.65. The van der Waals surface area contributed by atoms with Crippen molar-refractivity contribution < 1.29 is 0 Å². The minimum atomic E-state index is -0.463. The molecule has 0 radical (unpaired) electrons. The lowest BCUT2D eigenvalue weighted by Gasteiger charge is -2.44.